The first-order chi connectivity index (χ1) is 15.4. The summed E-state index contributed by atoms with van der Waals surface area (Å²) in [6.45, 7) is 0.0733. The number of rotatable bonds is 7. The van der Waals surface area contributed by atoms with Crippen molar-refractivity contribution in [3.63, 3.8) is 0 Å². The summed E-state index contributed by atoms with van der Waals surface area (Å²) in [5.74, 6) is -0.214. The van der Waals surface area contributed by atoms with Gasteiger partial charge in [0.25, 0.3) is 11.6 Å². The molecule has 0 aromatic heterocycles. The Hall–Kier alpha value is -3.86. The van der Waals surface area contributed by atoms with Gasteiger partial charge >= 0.3 is 0 Å². The second kappa shape index (κ2) is 10.4. The van der Waals surface area contributed by atoms with Gasteiger partial charge in [0.05, 0.1) is 15.0 Å². The lowest BCUT2D eigenvalue weighted by molar-refractivity contribution is -0.384. The van der Waals surface area contributed by atoms with Crippen LogP contribution in [0.3, 0.4) is 0 Å². The van der Waals surface area contributed by atoms with Crippen LogP contribution in [0.4, 0.5) is 11.4 Å². The molecule has 0 aliphatic rings. The zero-order chi connectivity index (χ0) is 23.1. The molecule has 0 atom stereocenters. The van der Waals surface area contributed by atoms with Crippen LogP contribution in [-0.2, 0) is 11.4 Å². The van der Waals surface area contributed by atoms with Crippen molar-refractivity contribution >= 4 is 46.6 Å². The number of carbonyl (C=O) groups excluding carboxylic acids is 1. The van der Waals surface area contributed by atoms with Crippen LogP contribution < -0.4 is 10.1 Å². The van der Waals surface area contributed by atoms with Gasteiger partial charge in [-0.15, -0.1) is 0 Å². The minimum absolute atomic E-state index is 0.0370. The van der Waals surface area contributed by atoms with Gasteiger partial charge in [0.2, 0.25) is 0 Å². The van der Waals surface area contributed by atoms with E-state index in [1.807, 2.05) is 6.07 Å². The summed E-state index contributed by atoms with van der Waals surface area (Å²) in [5, 5.41) is 23.6. The Morgan fingerprint density at radius 1 is 1.09 bits per heavy atom. The van der Waals surface area contributed by atoms with E-state index < -0.39 is 10.8 Å². The van der Waals surface area contributed by atoms with Crippen LogP contribution in [0.25, 0.3) is 6.08 Å². The van der Waals surface area contributed by atoms with Crippen molar-refractivity contribution in [2.45, 2.75) is 6.61 Å². The molecule has 3 aromatic rings. The molecule has 32 heavy (non-hydrogen) atoms. The highest BCUT2D eigenvalue weighted by Crippen LogP contribution is 2.26. The molecule has 0 bridgehead atoms. The van der Waals surface area contributed by atoms with Crippen molar-refractivity contribution in [3.05, 3.63) is 104 Å². The third-order valence-corrected chi connectivity index (χ3v) is 5.02. The average molecular weight is 468 g/mol. The standard InChI is InChI=1S/C23H15Cl2N3O4/c24-20-9-8-18(12-21(20)25)27-23(29)17(13-26)11-16-5-1-2-7-22(16)32-14-15-4-3-6-19(10-15)28(30)31/h1-12H,14H2,(H,27,29)/b17-11+. The highest BCUT2D eigenvalue weighted by atomic mass is 35.5. The van der Waals surface area contributed by atoms with Crippen molar-refractivity contribution in [3.8, 4) is 11.8 Å². The predicted molar refractivity (Wildman–Crippen MR) is 123 cm³/mol. The largest absolute Gasteiger partial charge is 0.488 e. The van der Waals surface area contributed by atoms with E-state index in [-0.39, 0.29) is 22.9 Å². The van der Waals surface area contributed by atoms with Crippen LogP contribution in [0.15, 0.2) is 72.3 Å². The summed E-state index contributed by atoms with van der Waals surface area (Å²) in [7, 11) is 0. The summed E-state index contributed by atoms with van der Waals surface area (Å²) in [6, 6.07) is 19.4. The topological polar surface area (TPSA) is 105 Å². The van der Waals surface area contributed by atoms with Gasteiger partial charge in [-0.3, -0.25) is 14.9 Å². The number of nitrogens with zero attached hydrogens (tertiary/aromatic N) is 2. The van der Waals surface area contributed by atoms with Crippen molar-refractivity contribution in [2.75, 3.05) is 5.32 Å². The molecule has 1 amide bonds. The van der Waals surface area contributed by atoms with E-state index in [1.54, 1.807) is 42.5 Å². The van der Waals surface area contributed by atoms with Gasteiger partial charge in [0, 0.05) is 23.4 Å². The minimum atomic E-state index is -0.626. The maximum atomic E-state index is 12.6. The molecule has 160 valence electrons. The van der Waals surface area contributed by atoms with E-state index in [1.165, 1.54) is 30.3 Å². The number of amides is 1. The Morgan fingerprint density at radius 3 is 2.59 bits per heavy atom. The van der Waals surface area contributed by atoms with Crippen LogP contribution in [-0.4, -0.2) is 10.8 Å². The molecule has 0 aliphatic heterocycles. The normalized spacial score (nSPS) is 10.8. The number of para-hydroxylation sites is 1. The minimum Gasteiger partial charge on any atom is -0.488 e. The molecule has 3 rings (SSSR count). The number of anilines is 1. The first kappa shape index (κ1) is 22.8. The van der Waals surface area contributed by atoms with E-state index >= 15 is 0 Å². The highest BCUT2D eigenvalue weighted by Gasteiger charge is 2.13. The monoisotopic (exact) mass is 467 g/mol. The molecule has 7 nitrogen and oxygen atoms in total. The van der Waals surface area contributed by atoms with Crippen molar-refractivity contribution in [2.24, 2.45) is 0 Å². The maximum Gasteiger partial charge on any atom is 0.269 e. The number of ether oxygens (including phenoxy) is 1. The van der Waals surface area contributed by atoms with E-state index in [0.717, 1.165) is 0 Å². The molecule has 0 unspecified atom stereocenters. The summed E-state index contributed by atoms with van der Waals surface area (Å²) in [4.78, 5) is 23.0. The molecule has 0 saturated heterocycles. The van der Waals surface area contributed by atoms with Gasteiger partial charge in [0.1, 0.15) is 24.0 Å². The first-order valence-corrected chi connectivity index (χ1v) is 9.96. The summed E-state index contributed by atoms with van der Waals surface area (Å²) >= 11 is 11.8. The molecule has 0 fully saturated rings. The van der Waals surface area contributed by atoms with Crippen molar-refractivity contribution in [1.82, 2.24) is 0 Å². The number of non-ortho nitro benzene ring substituents is 1. The SMILES string of the molecule is N#C/C(=C\c1ccccc1OCc1cccc([N+](=O)[O-])c1)C(=O)Nc1ccc(Cl)c(Cl)c1. The molecule has 0 aliphatic carbocycles. The van der Waals surface area contributed by atoms with Gasteiger partial charge in [-0.25, -0.2) is 0 Å². The van der Waals surface area contributed by atoms with Gasteiger partial charge in [0.15, 0.2) is 0 Å². The van der Waals surface area contributed by atoms with E-state index in [9.17, 15) is 20.2 Å². The number of nitro benzene ring substituents is 1. The Bertz CT molecular complexity index is 1250. The molecule has 9 heteroatoms. The predicted octanol–water partition coefficient (Wildman–Crippen LogP) is 6.03. The number of hydrogen-bond acceptors (Lipinski definition) is 5. The molecule has 3 aromatic carbocycles. The quantitative estimate of drug-likeness (QED) is 0.197. The maximum absolute atomic E-state index is 12.6. The fraction of sp³-hybridized carbons (Fsp3) is 0.0435. The van der Waals surface area contributed by atoms with Crippen LogP contribution in [0, 0.1) is 21.4 Å². The number of nitriles is 1. The highest BCUT2D eigenvalue weighted by molar-refractivity contribution is 6.42. The zero-order valence-corrected chi connectivity index (χ0v) is 17.9. The Labute approximate surface area is 193 Å². The Kier molecular flexibility index (Phi) is 7.45. The van der Waals surface area contributed by atoms with Crippen molar-refractivity contribution < 1.29 is 14.5 Å². The van der Waals surface area contributed by atoms with Gasteiger partial charge in [-0.05, 0) is 35.9 Å². The smallest absolute Gasteiger partial charge is 0.269 e. The van der Waals surface area contributed by atoms with E-state index in [2.05, 4.69) is 5.32 Å². The third-order valence-electron chi connectivity index (χ3n) is 4.28. The lowest BCUT2D eigenvalue weighted by Crippen LogP contribution is -2.13. The van der Waals surface area contributed by atoms with Crippen LogP contribution in [0.2, 0.25) is 10.0 Å². The van der Waals surface area contributed by atoms with Gasteiger partial charge in [-0.1, -0.05) is 53.5 Å². The second-order valence-electron chi connectivity index (χ2n) is 6.51. The summed E-state index contributed by atoms with van der Waals surface area (Å²) in [6.07, 6.45) is 1.40. The second-order valence-corrected chi connectivity index (χ2v) is 7.32. The summed E-state index contributed by atoms with van der Waals surface area (Å²) < 4.78 is 5.79. The number of carbonyl (C=O) groups is 1. The number of benzene rings is 3. The van der Waals surface area contributed by atoms with Crippen LogP contribution in [0.5, 0.6) is 5.75 Å². The van der Waals surface area contributed by atoms with Crippen molar-refractivity contribution in [1.29, 1.82) is 5.26 Å². The molecule has 0 spiro atoms. The number of nitro groups is 1. The lowest BCUT2D eigenvalue weighted by Gasteiger charge is -2.10. The number of halogens is 2. The summed E-state index contributed by atoms with van der Waals surface area (Å²) in [5.41, 5.74) is 1.31. The molecule has 0 saturated carbocycles. The van der Waals surface area contributed by atoms with Crippen LogP contribution >= 0.6 is 23.2 Å². The van der Waals surface area contributed by atoms with Crippen LogP contribution in [0.1, 0.15) is 11.1 Å². The number of nitrogens with one attached hydrogen (secondary N) is 1. The molecular formula is C23H15Cl2N3O4. The molecular weight excluding hydrogens is 453 g/mol. The zero-order valence-electron chi connectivity index (χ0n) is 16.4. The van der Waals surface area contributed by atoms with Gasteiger partial charge < -0.3 is 10.1 Å². The Morgan fingerprint density at radius 2 is 1.88 bits per heavy atom. The van der Waals surface area contributed by atoms with E-state index in [4.69, 9.17) is 27.9 Å². The molecule has 0 heterocycles. The molecule has 0 radical (unpaired) electrons. The third kappa shape index (κ3) is 5.85. The first-order valence-electron chi connectivity index (χ1n) is 9.20. The molecule has 1 N–H and O–H groups in total. The average Bonchev–Trinajstić information content (AvgIpc) is 2.79. The Balaban J connectivity index is 1.79. The number of hydrogen-bond donors (Lipinski definition) is 1. The van der Waals surface area contributed by atoms with Gasteiger partial charge in [-0.2, -0.15) is 5.26 Å². The lowest BCUT2D eigenvalue weighted by atomic mass is 10.1. The fourth-order valence-corrected chi connectivity index (χ4v) is 3.03. The van der Waals surface area contributed by atoms with E-state index in [0.29, 0.717) is 27.6 Å². The fourth-order valence-electron chi connectivity index (χ4n) is 2.73.